The van der Waals surface area contributed by atoms with Crippen molar-refractivity contribution in [2.24, 2.45) is 4.99 Å². The van der Waals surface area contributed by atoms with Gasteiger partial charge in [-0.2, -0.15) is 0 Å². The van der Waals surface area contributed by atoms with E-state index < -0.39 is 12.0 Å². The summed E-state index contributed by atoms with van der Waals surface area (Å²) >= 11 is 1.23. The molecule has 0 N–H and O–H groups in total. The number of benzene rings is 1. The van der Waals surface area contributed by atoms with Gasteiger partial charge in [-0.1, -0.05) is 30.1 Å². The van der Waals surface area contributed by atoms with Gasteiger partial charge >= 0.3 is 5.97 Å². The van der Waals surface area contributed by atoms with Gasteiger partial charge in [0.2, 0.25) is 0 Å². The van der Waals surface area contributed by atoms with Gasteiger partial charge in [0.05, 0.1) is 35.1 Å². The van der Waals surface area contributed by atoms with Gasteiger partial charge in [0.25, 0.3) is 5.56 Å². The average molecular weight is 538 g/mol. The Morgan fingerprint density at radius 1 is 1.18 bits per heavy atom. The molecule has 4 rings (SSSR count). The lowest BCUT2D eigenvalue weighted by atomic mass is 9.95. The Kier molecular flexibility index (Phi) is 8.21. The zero-order chi connectivity index (χ0) is 27.4. The Labute approximate surface area is 224 Å². The van der Waals surface area contributed by atoms with Crippen molar-refractivity contribution in [3.8, 4) is 11.5 Å². The fourth-order valence-corrected chi connectivity index (χ4v) is 5.15. The van der Waals surface area contributed by atoms with Gasteiger partial charge in [0.15, 0.2) is 22.2 Å². The maximum atomic E-state index is 13.8. The fourth-order valence-electron chi connectivity index (χ4n) is 4.13. The van der Waals surface area contributed by atoms with Crippen molar-refractivity contribution in [3.63, 3.8) is 0 Å². The van der Waals surface area contributed by atoms with Gasteiger partial charge in [-0.25, -0.2) is 9.79 Å². The molecule has 1 atom stereocenters. The van der Waals surface area contributed by atoms with E-state index in [4.69, 9.17) is 18.6 Å². The van der Waals surface area contributed by atoms with E-state index in [1.807, 2.05) is 38.1 Å². The standard InChI is InChI=1S/C28H31N3O6S/c1-7-14-36-20-12-10-18(15-21(20)34-8-2)25-24(27(33)35-9-3)17(4)29-28-31(25)26(32)22(38-28)16-19-11-13-23(37-19)30(5)6/h7,10-13,15-16,25H,1,8-9,14H2,2-6H3. The molecule has 200 valence electrons. The monoisotopic (exact) mass is 537 g/mol. The Hall–Kier alpha value is -4.05. The number of carbonyl (C=O) groups is 1. The Bertz CT molecular complexity index is 1560. The third kappa shape index (κ3) is 5.31. The Morgan fingerprint density at radius 3 is 2.63 bits per heavy atom. The van der Waals surface area contributed by atoms with Crippen LogP contribution in [0.2, 0.25) is 0 Å². The number of hydrogen-bond acceptors (Lipinski definition) is 9. The Morgan fingerprint density at radius 2 is 1.97 bits per heavy atom. The fraction of sp³-hybridized carbons (Fsp3) is 0.321. The molecule has 0 amide bonds. The minimum atomic E-state index is -0.769. The lowest BCUT2D eigenvalue weighted by Gasteiger charge is -2.25. The van der Waals surface area contributed by atoms with Gasteiger partial charge in [-0.05, 0) is 44.5 Å². The van der Waals surface area contributed by atoms with E-state index in [0.29, 0.717) is 62.5 Å². The lowest BCUT2D eigenvalue weighted by Crippen LogP contribution is -2.40. The van der Waals surface area contributed by atoms with Crippen LogP contribution in [0.15, 0.2) is 68.5 Å². The summed E-state index contributed by atoms with van der Waals surface area (Å²) in [7, 11) is 3.75. The van der Waals surface area contributed by atoms with Crippen molar-refractivity contribution in [3.05, 3.63) is 85.3 Å². The van der Waals surface area contributed by atoms with Crippen LogP contribution in [-0.4, -0.2) is 44.5 Å². The second kappa shape index (κ2) is 11.6. The molecule has 0 radical (unpaired) electrons. The summed E-state index contributed by atoms with van der Waals surface area (Å²) in [6.45, 7) is 9.96. The summed E-state index contributed by atoms with van der Waals surface area (Å²) in [6, 6.07) is 8.24. The van der Waals surface area contributed by atoms with Gasteiger partial charge in [-0.3, -0.25) is 9.36 Å². The maximum Gasteiger partial charge on any atom is 0.338 e. The molecule has 0 spiro atoms. The van der Waals surface area contributed by atoms with Crippen LogP contribution in [0, 0.1) is 0 Å². The van der Waals surface area contributed by atoms with Crippen molar-refractivity contribution in [2.45, 2.75) is 26.8 Å². The summed E-state index contributed by atoms with van der Waals surface area (Å²) in [5, 5.41) is 0. The Balaban J connectivity index is 1.91. The topological polar surface area (TPSA) is 95.5 Å². The summed E-state index contributed by atoms with van der Waals surface area (Å²) in [4.78, 5) is 33.9. The molecule has 1 aliphatic rings. The smallest absolute Gasteiger partial charge is 0.338 e. The minimum absolute atomic E-state index is 0.192. The van der Waals surface area contributed by atoms with Gasteiger partial charge < -0.3 is 23.5 Å². The molecule has 1 unspecified atom stereocenters. The number of rotatable bonds is 10. The molecule has 0 saturated heterocycles. The maximum absolute atomic E-state index is 13.8. The first-order valence-electron chi connectivity index (χ1n) is 12.3. The SMILES string of the molecule is C=CCOc1ccc(C2C(C(=O)OCC)=C(C)N=c3sc(=Cc4ccc(N(C)C)o4)c(=O)n32)cc1OCC. The highest BCUT2D eigenvalue weighted by molar-refractivity contribution is 7.07. The number of hydrogen-bond donors (Lipinski definition) is 0. The second-order valence-electron chi connectivity index (χ2n) is 8.61. The number of allylic oxidation sites excluding steroid dienone is 1. The van der Waals surface area contributed by atoms with Crippen molar-refractivity contribution in [1.82, 2.24) is 4.57 Å². The summed E-state index contributed by atoms with van der Waals surface area (Å²) in [5.74, 6) is 1.72. The number of furan rings is 1. The predicted octanol–water partition coefficient (Wildman–Crippen LogP) is 3.42. The second-order valence-corrected chi connectivity index (χ2v) is 9.62. The average Bonchev–Trinajstić information content (AvgIpc) is 3.47. The number of ether oxygens (including phenoxy) is 3. The number of thiazole rings is 1. The first kappa shape index (κ1) is 27.0. The van der Waals surface area contributed by atoms with E-state index in [9.17, 15) is 9.59 Å². The minimum Gasteiger partial charge on any atom is -0.490 e. The highest BCUT2D eigenvalue weighted by Crippen LogP contribution is 2.36. The molecule has 3 heterocycles. The van der Waals surface area contributed by atoms with E-state index in [2.05, 4.69) is 11.6 Å². The molecule has 3 aromatic rings. The molecule has 1 aliphatic heterocycles. The zero-order valence-corrected chi connectivity index (χ0v) is 23.0. The number of nitrogens with zero attached hydrogens (tertiary/aromatic N) is 3. The van der Waals surface area contributed by atoms with Crippen molar-refractivity contribution in [1.29, 1.82) is 0 Å². The quantitative estimate of drug-likeness (QED) is 0.289. The summed E-state index contributed by atoms with van der Waals surface area (Å²) in [5.41, 5.74) is 1.15. The third-order valence-corrected chi connectivity index (χ3v) is 6.77. The molecule has 10 heteroatoms. The van der Waals surface area contributed by atoms with Gasteiger partial charge in [-0.15, -0.1) is 0 Å². The van der Waals surface area contributed by atoms with E-state index in [0.717, 1.165) is 0 Å². The molecule has 0 aliphatic carbocycles. The molecule has 2 aromatic heterocycles. The third-order valence-electron chi connectivity index (χ3n) is 5.78. The number of fused-ring (bicyclic) bond motifs is 1. The highest BCUT2D eigenvalue weighted by Gasteiger charge is 2.34. The lowest BCUT2D eigenvalue weighted by molar-refractivity contribution is -0.139. The first-order valence-corrected chi connectivity index (χ1v) is 13.1. The van der Waals surface area contributed by atoms with Crippen molar-refractivity contribution in [2.75, 3.05) is 38.8 Å². The van der Waals surface area contributed by atoms with Crippen LogP contribution in [0.4, 0.5) is 5.88 Å². The van der Waals surface area contributed by atoms with Crippen LogP contribution < -0.4 is 29.3 Å². The summed E-state index contributed by atoms with van der Waals surface area (Å²) < 4.78 is 24.7. The van der Waals surface area contributed by atoms with Crippen LogP contribution in [0.3, 0.4) is 0 Å². The van der Waals surface area contributed by atoms with Gasteiger partial charge in [0, 0.05) is 26.2 Å². The summed E-state index contributed by atoms with van der Waals surface area (Å²) in [6.07, 6.45) is 3.34. The molecule has 0 saturated carbocycles. The molecular weight excluding hydrogens is 506 g/mol. The van der Waals surface area contributed by atoms with Crippen LogP contribution in [0.25, 0.3) is 6.08 Å². The number of aromatic nitrogens is 1. The van der Waals surface area contributed by atoms with E-state index in [1.54, 1.807) is 44.2 Å². The van der Waals surface area contributed by atoms with E-state index in [1.165, 1.54) is 15.9 Å². The van der Waals surface area contributed by atoms with Crippen LogP contribution in [0.1, 0.15) is 38.1 Å². The van der Waals surface area contributed by atoms with Crippen molar-refractivity contribution < 1.29 is 23.4 Å². The highest BCUT2D eigenvalue weighted by atomic mass is 32.1. The molecule has 9 nitrogen and oxygen atoms in total. The predicted molar refractivity (Wildman–Crippen MR) is 147 cm³/mol. The van der Waals surface area contributed by atoms with Crippen molar-refractivity contribution >= 4 is 29.3 Å². The van der Waals surface area contributed by atoms with Gasteiger partial charge in [0.1, 0.15) is 12.4 Å². The number of carbonyl (C=O) groups excluding carboxylic acids is 1. The number of anilines is 1. The molecule has 0 fully saturated rings. The van der Waals surface area contributed by atoms with E-state index >= 15 is 0 Å². The molecule has 38 heavy (non-hydrogen) atoms. The normalized spacial score (nSPS) is 15.1. The zero-order valence-electron chi connectivity index (χ0n) is 22.1. The molecule has 0 bridgehead atoms. The first-order chi connectivity index (χ1) is 18.3. The largest absolute Gasteiger partial charge is 0.490 e. The van der Waals surface area contributed by atoms with Crippen LogP contribution in [0.5, 0.6) is 11.5 Å². The number of esters is 1. The van der Waals surface area contributed by atoms with E-state index in [-0.39, 0.29) is 12.2 Å². The van der Waals surface area contributed by atoms with Crippen LogP contribution >= 0.6 is 11.3 Å². The molecular formula is C28H31N3O6S. The van der Waals surface area contributed by atoms with Crippen LogP contribution in [-0.2, 0) is 9.53 Å². The molecule has 1 aromatic carbocycles.